The summed E-state index contributed by atoms with van der Waals surface area (Å²) in [7, 11) is 0. The largest absolute Gasteiger partial charge is 0.273 e. The molecule has 0 fully saturated rings. The van der Waals surface area contributed by atoms with Crippen LogP contribution in [-0.4, -0.2) is 3.21 Å². The molecule has 0 bridgehead atoms. The van der Waals surface area contributed by atoms with Crippen LogP contribution in [-0.2, 0) is 24.2 Å². The number of aryl methyl sites for hydroxylation is 1. The van der Waals surface area contributed by atoms with E-state index in [1.54, 1.807) is 24.2 Å². The van der Waals surface area contributed by atoms with Gasteiger partial charge in [-0.15, -0.1) is 41.5 Å². The third-order valence-corrected chi connectivity index (χ3v) is 2.48. The van der Waals surface area contributed by atoms with Crippen molar-refractivity contribution in [1.29, 1.82) is 0 Å². The molecule has 0 spiro atoms. The molecule has 0 unspecified atom stereocenters. The van der Waals surface area contributed by atoms with Crippen molar-refractivity contribution < 1.29 is 24.2 Å². The van der Waals surface area contributed by atoms with Crippen LogP contribution in [0.1, 0.15) is 25.8 Å². The summed E-state index contributed by atoms with van der Waals surface area (Å²) in [5.74, 6) is 0. The number of benzene rings is 1. The normalized spacial score (nSPS) is 11.6. The maximum absolute atomic E-state index is 2.99. The summed E-state index contributed by atoms with van der Waals surface area (Å²) >= 11 is 1.55. The van der Waals surface area contributed by atoms with E-state index in [2.05, 4.69) is 69.3 Å². The molecule has 0 heterocycles. The Morgan fingerprint density at radius 1 is 1.26 bits per heavy atom. The van der Waals surface area contributed by atoms with Gasteiger partial charge in [0.15, 0.2) is 0 Å². The molecular weight excluding hydrogens is 307 g/mol. The summed E-state index contributed by atoms with van der Waals surface area (Å²) in [6, 6.07) is 12.8. The second kappa shape index (κ2) is 9.04. The number of hydrogen-bond donors (Lipinski definition) is 0. The van der Waals surface area contributed by atoms with E-state index in [-0.39, 0.29) is 0 Å². The smallest absolute Gasteiger partial charge is 0.0809 e. The molecule has 1 heteroatoms. The molecule has 19 heavy (non-hydrogen) atoms. The fourth-order valence-corrected chi connectivity index (χ4v) is 1.65. The monoisotopic (exact) mass is 326 g/mol. The van der Waals surface area contributed by atoms with Gasteiger partial charge in [-0.2, -0.15) is 17.7 Å². The second-order valence-corrected chi connectivity index (χ2v) is 7.06. The van der Waals surface area contributed by atoms with Gasteiger partial charge in [-0.05, 0) is 0 Å². The zero-order chi connectivity index (χ0) is 14.1. The van der Waals surface area contributed by atoms with E-state index in [1.165, 1.54) is 19.5 Å². The van der Waals surface area contributed by atoms with E-state index in [4.69, 9.17) is 0 Å². The molecule has 1 aliphatic rings. The first-order valence-electron chi connectivity index (χ1n) is 6.46. The SMILES string of the molecule is C[C](C)=[Zr+2].Cc1c[cH-]c2ccccc12.[C-]1=CC=CC1. The molecule has 0 N–H and O–H groups in total. The third kappa shape index (κ3) is 6.69. The van der Waals surface area contributed by atoms with Crippen LogP contribution in [0.4, 0.5) is 0 Å². The Kier molecular flexibility index (Phi) is 7.67. The molecule has 0 nitrogen and oxygen atoms in total. The molecule has 0 aromatic heterocycles. The predicted molar refractivity (Wildman–Crippen MR) is 82.2 cm³/mol. The number of hydrogen-bond acceptors (Lipinski definition) is 0. The number of rotatable bonds is 0. The van der Waals surface area contributed by atoms with Gasteiger partial charge in [-0.3, -0.25) is 6.08 Å². The van der Waals surface area contributed by atoms with Crippen molar-refractivity contribution in [2.45, 2.75) is 27.2 Å². The molecule has 0 amide bonds. The minimum absolute atomic E-state index is 1.01. The molecule has 1 aliphatic carbocycles. The zero-order valence-corrected chi connectivity index (χ0v) is 14.4. The van der Waals surface area contributed by atoms with E-state index >= 15 is 0 Å². The Morgan fingerprint density at radius 3 is 2.42 bits per heavy atom. The summed E-state index contributed by atoms with van der Waals surface area (Å²) in [5, 5.41) is 2.72. The average molecular weight is 328 g/mol. The Hall–Kier alpha value is -0.937. The molecule has 2 aromatic carbocycles. The first-order chi connectivity index (χ1) is 9.11. The molecule has 0 radical (unpaired) electrons. The van der Waals surface area contributed by atoms with Crippen molar-refractivity contribution in [2.75, 3.05) is 0 Å². The molecule has 0 aliphatic heterocycles. The predicted octanol–water partition coefficient (Wildman–Crippen LogP) is 4.92. The summed E-state index contributed by atoms with van der Waals surface area (Å²) in [6.45, 7) is 6.39. The van der Waals surface area contributed by atoms with Gasteiger partial charge in [0.2, 0.25) is 0 Å². The van der Waals surface area contributed by atoms with Crippen LogP contribution < -0.4 is 0 Å². The molecule has 2 aromatic rings. The van der Waals surface area contributed by atoms with Crippen molar-refractivity contribution in [3.63, 3.8) is 0 Å². The fourth-order valence-electron chi connectivity index (χ4n) is 1.65. The van der Waals surface area contributed by atoms with Crippen molar-refractivity contribution in [3.8, 4) is 0 Å². The van der Waals surface area contributed by atoms with Gasteiger partial charge in [0.05, 0.1) is 0 Å². The maximum atomic E-state index is 2.99. The van der Waals surface area contributed by atoms with E-state index in [1.807, 2.05) is 12.2 Å². The zero-order valence-electron chi connectivity index (χ0n) is 11.9. The molecule has 96 valence electrons. The Morgan fingerprint density at radius 2 is 1.95 bits per heavy atom. The molecule has 3 rings (SSSR count). The average Bonchev–Trinajstić information content (AvgIpc) is 3.03. The van der Waals surface area contributed by atoms with Crippen LogP contribution in [0.15, 0.2) is 54.6 Å². The summed E-state index contributed by atoms with van der Waals surface area (Å²) in [5.41, 5.74) is 1.37. The standard InChI is InChI=1S/C10H9.C5H5.C3H6.Zr/c1-8-6-7-9-4-2-3-5-10(8)9;1-2-4-5-3-1;1-3-2;/h2-7H,1H3;1-3H,4H2;1-2H3;/q2*-1;;+2. The minimum Gasteiger partial charge on any atom is -0.273 e. The van der Waals surface area contributed by atoms with Gasteiger partial charge in [0.1, 0.15) is 0 Å². The van der Waals surface area contributed by atoms with Crippen molar-refractivity contribution >= 4 is 14.0 Å². The minimum atomic E-state index is 1.01. The summed E-state index contributed by atoms with van der Waals surface area (Å²) in [6.07, 6.45) is 10.0. The van der Waals surface area contributed by atoms with Crippen molar-refractivity contribution in [3.05, 3.63) is 66.3 Å². The van der Waals surface area contributed by atoms with Gasteiger partial charge in [0.25, 0.3) is 0 Å². The van der Waals surface area contributed by atoms with Crippen molar-refractivity contribution in [2.24, 2.45) is 0 Å². The van der Waals surface area contributed by atoms with Crippen LogP contribution in [0, 0.1) is 13.0 Å². The third-order valence-electron chi connectivity index (χ3n) is 2.48. The van der Waals surface area contributed by atoms with Crippen LogP contribution in [0.25, 0.3) is 10.8 Å². The summed E-state index contributed by atoms with van der Waals surface area (Å²) < 4.78 is 1.51. The Bertz CT molecular complexity index is 556. The van der Waals surface area contributed by atoms with Crippen molar-refractivity contribution in [1.82, 2.24) is 0 Å². The van der Waals surface area contributed by atoms with E-state index in [9.17, 15) is 0 Å². The van der Waals surface area contributed by atoms with E-state index in [0.29, 0.717) is 0 Å². The van der Waals surface area contributed by atoms with E-state index in [0.717, 1.165) is 6.42 Å². The Labute approximate surface area is 131 Å². The molecule has 0 saturated heterocycles. The number of allylic oxidation sites excluding steroid dienone is 4. The van der Waals surface area contributed by atoms with Gasteiger partial charge < -0.3 is 0 Å². The fraction of sp³-hybridized carbons (Fsp3) is 0.222. The van der Waals surface area contributed by atoms with Gasteiger partial charge in [-0.1, -0.05) is 13.0 Å². The van der Waals surface area contributed by atoms with Gasteiger partial charge in [-0.25, -0.2) is 12.2 Å². The van der Waals surface area contributed by atoms with Crippen LogP contribution in [0.5, 0.6) is 0 Å². The number of fused-ring (bicyclic) bond motifs is 1. The second-order valence-electron chi connectivity index (χ2n) is 4.61. The Balaban J connectivity index is 0.000000169. The van der Waals surface area contributed by atoms with Crippen LogP contribution in [0.3, 0.4) is 0 Å². The van der Waals surface area contributed by atoms with Gasteiger partial charge >= 0.3 is 41.3 Å². The topological polar surface area (TPSA) is 0 Å². The van der Waals surface area contributed by atoms with Crippen LogP contribution >= 0.6 is 0 Å². The molecule has 0 saturated carbocycles. The van der Waals surface area contributed by atoms with E-state index < -0.39 is 0 Å². The summed E-state index contributed by atoms with van der Waals surface area (Å²) in [4.78, 5) is 0. The van der Waals surface area contributed by atoms with Crippen LogP contribution in [0.2, 0.25) is 0 Å². The first kappa shape index (κ1) is 16.1. The van der Waals surface area contributed by atoms with Gasteiger partial charge in [0, 0.05) is 0 Å². The molecule has 0 atom stereocenters. The quantitative estimate of drug-likeness (QED) is 0.603. The first-order valence-corrected chi connectivity index (χ1v) is 7.68. The molecular formula is C18H20Zr. The maximum Gasteiger partial charge on any atom is -0.0809 e.